The van der Waals surface area contributed by atoms with Gasteiger partial charge in [0.2, 0.25) is 0 Å². The lowest BCUT2D eigenvalue weighted by atomic mass is 10.3. The van der Waals surface area contributed by atoms with Gasteiger partial charge in [0.15, 0.2) is 5.69 Å². The molecule has 5 heteroatoms. The Morgan fingerprint density at radius 3 is 2.94 bits per heavy atom. The quantitative estimate of drug-likeness (QED) is 0.664. The van der Waals surface area contributed by atoms with E-state index in [1.54, 1.807) is 15.7 Å². The van der Waals surface area contributed by atoms with Gasteiger partial charge in [-0.05, 0) is 23.6 Å². The molecule has 4 nitrogen and oxygen atoms in total. The van der Waals surface area contributed by atoms with E-state index in [2.05, 4.69) is 4.98 Å². The number of carbonyl (C=O) groups is 1. The molecule has 18 heavy (non-hydrogen) atoms. The molecular formula is C13H10N2O2S. The molecule has 0 radical (unpaired) electrons. The average Bonchev–Trinajstić information content (AvgIpc) is 3.04. The normalized spacial score (nSPS) is 10.7. The fourth-order valence-electron chi connectivity index (χ4n) is 1.87. The molecule has 0 saturated carbocycles. The molecule has 0 aromatic carbocycles. The van der Waals surface area contributed by atoms with Crippen LogP contribution in [0.5, 0.6) is 0 Å². The first-order valence-corrected chi connectivity index (χ1v) is 6.28. The van der Waals surface area contributed by atoms with Crippen LogP contribution >= 0.6 is 11.3 Å². The minimum atomic E-state index is -0.378. The van der Waals surface area contributed by atoms with Gasteiger partial charge in [-0.15, -0.1) is 11.3 Å². The fraction of sp³-hybridized carbons (Fsp3) is 0.0769. The third-order valence-corrected chi connectivity index (χ3v) is 3.54. The monoisotopic (exact) mass is 258 g/mol. The van der Waals surface area contributed by atoms with Gasteiger partial charge in [0.05, 0.1) is 12.0 Å². The van der Waals surface area contributed by atoms with Gasteiger partial charge >= 0.3 is 5.97 Å². The number of imidazole rings is 1. The molecule has 0 spiro atoms. The molecule has 3 heterocycles. The number of thiophene rings is 1. The third kappa shape index (κ3) is 1.60. The molecule has 0 aliphatic carbocycles. The van der Waals surface area contributed by atoms with Gasteiger partial charge in [0, 0.05) is 6.20 Å². The number of rotatable bonds is 2. The summed E-state index contributed by atoms with van der Waals surface area (Å²) in [5.74, 6) is -0.378. The second-order valence-corrected chi connectivity index (χ2v) is 4.65. The van der Waals surface area contributed by atoms with Crippen molar-refractivity contribution in [2.75, 3.05) is 7.11 Å². The van der Waals surface area contributed by atoms with Crippen LogP contribution in [0.4, 0.5) is 0 Å². The molecule has 0 atom stereocenters. The number of pyridine rings is 1. The highest BCUT2D eigenvalue weighted by molar-refractivity contribution is 7.13. The molecule has 3 aromatic rings. The van der Waals surface area contributed by atoms with Gasteiger partial charge in [-0.25, -0.2) is 9.78 Å². The van der Waals surface area contributed by atoms with Crippen molar-refractivity contribution >= 4 is 23.0 Å². The smallest absolute Gasteiger partial charge is 0.357 e. The maximum atomic E-state index is 11.9. The summed E-state index contributed by atoms with van der Waals surface area (Å²) in [7, 11) is 1.38. The van der Waals surface area contributed by atoms with Crippen molar-refractivity contribution < 1.29 is 9.53 Å². The summed E-state index contributed by atoms with van der Waals surface area (Å²) in [6, 6.07) is 9.49. The van der Waals surface area contributed by atoms with Crippen LogP contribution in [0.3, 0.4) is 0 Å². The highest BCUT2D eigenvalue weighted by atomic mass is 32.1. The maximum absolute atomic E-state index is 11.9. The number of hydrogen-bond acceptors (Lipinski definition) is 4. The summed E-state index contributed by atoms with van der Waals surface area (Å²) in [5, 5.41) is 1.96. The third-order valence-electron chi connectivity index (χ3n) is 2.66. The lowest BCUT2D eigenvalue weighted by Gasteiger charge is -2.01. The summed E-state index contributed by atoms with van der Waals surface area (Å²) in [5.41, 5.74) is 1.87. The fourth-order valence-corrected chi connectivity index (χ4v) is 2.59. The zero-order chi connectivity index (χ0) is 12.5. The first-order chi connectivity index (χ1) is 8.81. The Balaban J connectivity index is 2.33. The maximum Gasteiger partial charge on any atom is 0.357 e. The first kappa shape index (κ1) is 11.0. The van der Waals surface area contributed by atoms with Gasteiger partial charge in [0.25, 0.3) is 0 Å². The molecule has 90 valence electrons. The Morgan fingerprint density at radius 1 is 1.33 bits per heavy atom. The zero-order valence-electron chi connectivity index (χ0n) is 9.66. The predicted molar refractivity (Wildman–Crippen MR) is 69.8 cm³/mol. The van der Waals surface area contributed by atoms with E-state index >= 15 is 0 Å². The summed E-state index contributed by atoms with van der Waals surface area (Å²) in [4.78, 5) is 17.4. The van der Waals surface area contributed by atoms with Crippen LogP contribution in [-0.4, -0.2) is 22.5 Å². The van der Waals surface area contributed by atoms with Gasteiger partial charge in [0.1, 0.15) is 11.3 Å². The van der Waals surface area contributed by atoms with Crippen LogP contribution in [-0.2, 0) is 4.74 Å². The molecule has 0 saturated heterocycles. The first-order valence-electron chi connectivity index (χ1n) is 5.40. The van der Waals surface area contributed by atoms with E-state index in [9.17, 15) is 4.79 Å². The molecule has 0 unspecified atom stereocenters. The van der Waals surface area contributed by atoms with Gasteiger partial charge in [-0.1, -0.05) is 12.1 Å². The Morgan fingerprint density at radius 2 is 2.22 bits per heavy atom. The zero-order valence-corrected chi connectivity index (χ0v) is 10.5. The van der Waals surface area contributed by atoms with E-state index in [1.807, 2.05) is 41.9 Å². The molecule has 0 bridgehead atoms. The number of esters is 1. The molecule has 0 amide bonds. The Labute approximate surface area is 107 Å². The lowest BCUT2D eigenvalue weighted by molar-refractivity contribution is 0.0594. The SMILES string of the molecule is COC(=O)c1c(-c2cccs2)nc2ccccn12. The van der Waals surface area contributed by atoms with Crippen molar-refractivity contribution in [3.05, 3.63) is 47.6 Å². The topological polar surface area (TPSA) is 43.6 Å². The molecular weight excluding hydrogens is 248 g/mol. The number of fused-ring (bicyclic) bond motifs is 1. The minimum absolute atomic E-state index is 0.378. The molecule has 0 fully saturated rings. The largest absolute Gasteiger partial charge is 0.464 e. The number of aromatic nitrogens is 2. The van der Waals surface area contributed by atoms with E-state index in [0.717, 1.165) is 10.5 Å². The van der Waals surface area contributed by atoms with Crippen molar-refractivity contribution in [2.45, 2.75) is 0 Å². The average molecular weight is 258 g/mol. The van der Waals surface area contributed by atoms with E-state index in [4.69, 9.17) is 4.74 Å². The number of ether oxygens (including phenoxy) is 1. The van der Waals surface area contributed by atoms with Crippen molar-refractivity contribution in [2.24, 2.45) is 0 Å². The minimum Gasteiger partial charge on any atom is -0.464 e. The highest BCUT2D eigenvalue weighted by Crippen LogP contribution is 2.28. The van der Waals surface area contributed by atoms with E-state index < -0.39 is 0 Å². The van der Waals surface area contributed by atoms with Crippen LogP contribution < -0.4 is 0 Å². The number of carbonyl (C=O) groups excluding carboxylic acids is 1. The van der Waals surface area contributed by atoms with Gasteiger partial charge < -0.3 is 4.74 Å². The van der Waals surface area contributed by atoms with Crippen LogP contribution in [0.2, 0.25) is 0 Å². The van der Waals surface area contributed by atoms with Crippen molar-refractivity contribution in [3.63, 3.8) is 0 Å². The lowest BCUT2D eigenvalue weighted by Crippen LogP contribution is -2.06. The van der Waals surface area contributed by atoms with Gasteiger partial charge in [-0.2, -0.15) is 0 Å². The molecule has 0 N–H and O–H groups in total. The number of hydrogen-bond donors (Lipinski definition) is 0. The number of nitrogens with zero attached hydrogens (tertiary/aromatic N) is 2. The molecule has 3 rings (SSSR count). The van der Waals surface area contributed by atoms with Crippen LogP contribution in [0, 0.1) is 0 Å². The Kier molecular flexibility index (Phi) is 2.60. The molecule has 3 aromatic heterocycles. The second-order valence-electron chi connectivity index (χ2n) is 3.71. The Bertz CT molecular complexity index is 701. The second kappa shape index (κ2) is 4.27. The summed E-state index contributed by atoms with van der Waals surface area (Å²) in [6.07, 6.45) is 1.81. The highest BCUT2D eigenvalue weighted by Gasteiger charge is 2.21. The summed E-state index contributed by atoms with van der Waals surface area (Å²) < 4.78 is 6.60. The summed E-state index contributed by atoms with van der Waals surface area (Å²) >= 11 is 1.55. The van der Waals surface area contributed by atoms with E-state index in [1.165, 1.54) is 7.11 Å². The van der Waals surface area contributed by atoms with E-state index in [0.29, 0.717) is 11.4 Å². The van der Waals surface area contributed by atoms with Crippen molar-refractivity contribution in [1.29, 1.82) is 0 Å². The standard InChI is InChI=1S/C13H10N2O2S/c1-17-13(16)12-11(9-5-4-8-18-9)14-10-6-2-3-7-15(10)12/h2-8H,1H3. The van der Waals surface area contributed by atoms with Gasteiger partial charge in [-0.3, -0.25) is 4.40 Å². The molecule has 0 aliphatic rings. The van der Waals surface area contributed by atoms with Crippen molar-refractivity contribution in [1.82, 2.24) is 9.38 Å². The molecule has 0 aliphatic heterocycles. The summed E-state index contributed by atoms with van der Waals surface area (Å²) in [6.45, 7) is 0. The van der Waals surface area contributed by atoms with E-state index in [-0.39, 0.29) is 5.97 Å². The van der Waals surface area contributed by atoms with Crippen molar-refractivity contribution in [3.8, 4) is 10.6 Å². The predicted octanol–water partition coefficient (Wildman–Crippen LogP) is 2.85. The number of methoxy groups -OCH3 is 1. The van der Waals surface area contributed by atoms with Crippen LogP contribution in [0.1, 0.15) is 10.5 Å². The Hall–Kier alpha value is -2.14. The van der Waals surface area contributed by atoms with Crippen LogP contribution in [0.25, 0.3) is 16.2 Å². The van der Waals surface area contributed by atoms with Crippen LogP contribution in [0.15, 0.2) is 41.9 Å².